The van der Waals surface area contributed by atoms with Crippen molar-refractivity contribution >= 4 is 0 Å². The Morgan fingerprint density at radius 2 is 2.50 bits per heavy atom. The zero-order valence-corrected chi connectivity index (χ0v) is 5.02. The minimum Gasteiger partial charge on any atom is -0.351 e. The summed E-state index contributed by atoms with van der Waals surface area (Å²) in [5.41, 5.74) is 5.27. The molecular weight excluding hydrogens is 106 g/mol. The van der Waals surface area contributed by atoms with Crippen LogP contribution < -0.4 is 5.73 Å². The summed E-state index contributed by atoms with van der Waals surface area (Å²) in [4.78, 5) is 0. The Kier molecular flexibility index (Phi) is 1.51. The van der Waals surface area contributed by atoms with Gasteiger partial charge in [-0.05, 0) is 6.54 Å². The fourth-order valence-corrected chi connectivity index (χ4v) is 0.665. The molecule has 0 spiro atoms. The number of epoxide rings is 1. The standard InChI is InChI=1S/C5H11NO2/c1-7-5(2-3-6)4-8-5/h2-4,6H2,1H3. The smallest absolute Gasteiger partial charge is 0.193 e. The molecule has 1 unspecified atom stereocenters. The lowest BCUT2D eigenvalue weighted by molar-refractivity contribution is -0.0140. The average molecular weight is 117 g/mol. The normalized spacial score (nSPS) is 35.2. The Labute approximate surface area is 48.8 Å². The van der Waals surface area contributed by atoms with E-state index in [-0.39, 0.29) is 5.79 Å². The molecule has 1 aliphatic rings. The van der Waals surface area contributed by atoms with E-state index in [2.05, 4.69) is 0 Å². The summed E-state index contributed by atoms with van der Waals surface area (Å²) in [6.07, 6.45) is 0.809. The van der Waals surface area contributed by atoms with Crippen LogP contribution in [0.1, 0.15) is 6.42 Å². The molecule has 3 nitrogen and oxygen atoms in total. The minimum absolute atomic E-state index is 0.283. The van der Waals surface area contributed by atoms with Crippen molar-refractivity contribution in [1.82, 2.24) is 0 Å². The van der Waals surface area contributed by atoms with Crippen LogP contribution in [0, 0.1) is 0 Å². The lowest BCUT2D eigenvalue weighted by Crippen LogP contribution is -2.18. The van der Waals surface area contributed by atoms with Crippen LogP contribution in [0.4, 0.5) is 0 Å². The van der Waals surface area contributed by atoms with Crippen LogP contribution in [0.15, 0.2) is 0 Å². The van der Waals surface area contributed by atoms with Gasteiger partial charge < -0.3 is 15.2 Å². The van der Waals surface area contributed by atoms with Crippen molar-refractivity contribution in [2.24, 2.45) is 5.73 Å². The van der Waals surface area contributed by atoms with Crippen molar-refractivity contribution in [3.63, 3.8) is 0 Å². The molecule has 0 aromatic heterocycles. The summed E-state index contributed by atoms with van der Waals surface area (Å²) in [6.45, 7) is 1.34. The van der Waals surface area contributed by atoms with Crippen LogP contribution in [-0.2, 0) is 9.47 Å². The molecule has 2 N–H and O–H groups in total. The van der Waals surface area contributed by atoms with E-state index in [4.69, 9.17) is 15.2 Å². The summed E-state index contributed by atoms with van der Waals surface area (Å²) in [6, 6.07) is 0. The van der Waals surface area contributed by atoms with Gasteiger partial charge >= 0.3 is 0 Å². The Bertz CT molecular complexity index is 80.5. The van der Waals surface area contributed by atoms with Gasteiger partial charge in [-0.15, -0.1) is 0 Å². The van der Waals surface area contributed by atoms with Gasteiger partial charge in [-0.3, -0.25) is 0 Å². The quantitative estimate of drug-likeness (QED) is 0.517. The highest BCUT2D eigenvalue weighted by atomic mass is 16.8. The predicted octanol–water partition coefficient (Wildman–Crippen LogP) is -0.292. The molecule has 0 amide bonds. The van der Waals surface area contributed by atoms with Gasteiger partial charge in [-0.1, -0.05) is 0 Å². The molecule has 1 fully saturated rings. The fourth-order valence-electron chi connectivity index (χ4n) is 0.665. The Balaban J connectivity index is 2.20. The zero-order valence-electron chi connectivity index (χ0n) is 5.02. The van der Waals surface area contributed by atoms with Crippen molar-refractivity contribution in [2.45, 2.75) is 12.2 Å². The third kappa shape index (κ3) is 0.992. The Morgan fingerprint density at radius 3 is 2.62 bits per heavy atom. The van der Waals surface area contributed by atoms with E-state index >= 15 is 0 Å². The third-order valence-electron chi connectivity index (χ3n) is 1.36. The van der Waals surface area contributed by atoms with Crippen molar-refractivity contribution in [2.75, 3.05) is 20.3 Å². The molecule has 8 heavy (non-hydrogen) atoms. The highest BCUT2D eigenvalue weighted by Gasteiger charge is 2.44. The molecule has 1 rings (SSSR count). The molecule has 0 radical (unpaired) electrons. The summed E-state index contributed by atoms with van der Waals surface area (Å²) in [5.74, 6) is -0.283. The number of hydrogen-bond donors (Lipinski definition) is 1. The van der Waals surface area contributed by atoms with E-state index < -0.39 is 0 Å². The van der Waals surface area contributed by atoms with Gasteiger partial charge in [0.05, 0.1) is 0 Å². The van der Waals surface area contributed by atoms with E-state index in [0.29, 0.717) is 13.2 Å². The molecule has 1 aliphatic heterocycles. The number of ether oxygens (including phenoxy) is 2. The van der Waals surface area contributed by atoms with Gasteiger partial charge in [0.25, 0.3) is 0 Å². The number of nitrogens with two attached hydrogens (primary N) is 1. The fraction of sp³-hybridized carbons (Fsp3) is 1.00. The number of methoxy groups -OCH3 is 1. The maximum absolute atomic E-state index is 5.27. The first kappa shape index (κ1) is 6.01. The van der Waals surface area contributed by atoms with E-state index in [1.54, 1.807) is 7.11 Å². The first-order valence-electron chi connectivity index (χ1n) is 2.72. The second-order valence-electron chi connectivity index (χ2n) is 1.94. The molecule has 1 saturated heterocycles. The molecule has 0 bridgehead atoms. The van der Waals surface area contributed by atoms with Crippen molar-refractivity contribution in [1.29, 1.82) is 0 Å². The number of hydrogen-bond acceptors (Lipinski definition) is 3. The van der Waals surface area contributed by atoms with E-state index in [1.165, 1.54) is 0 Å². The van der Waals surface area contributed by atoms with Crippen molar-refractivity contribution in [3.05, 3.63) is 0 Å². The van der Waals surface area contributed by atoms with Crippen LogP contribution in [0.25, 0.3) is 0 Å². The van der Waals surface area contributed by atoms with Crippen LogP contribution in [0.5, 0.6) is 0 Å². The highest BCUT2D eigenvalue weighted by molar-refractivity contribution is 4.81. The Hall–Kier alpha value is -0.120. The lowest BCUT2D eigenvalue weighted by atomic mass is 10.3. The zero-order chi connectivity index (χ0) is 6.04. The SMILES string of the molecule is COC1(CCN)CO1. The Morgan fingerprint density at radius 1 is 1.88 bits per heavy atom. The summed E-state index contributed by atoms with van der Waals surface area (Å²) in [7, 11) is 1.64. The van der Waals surface area contributed by atoms with Gasteiger partial charge in [0.2, 0.25) is 0 Å². The maximum Gasteiger partial charge on any atom is 0.193 e. The van der Waals surface area contributed by atoms with E-state index in [0.717, 1.165) is 6.42 Å². The first-order valence-corrected chi connectivity index (χ1v) is 2.72. The highest BCUT2D eigenvalue weighted by Crippen LogP contribution is 2.30. The van der Waals surface area contributed by atoms with Gasteiger partial charge in [0.15, 0.2) is 5.79 Å². The van der Waals surface area contributed by atoms with Crippen molar-refractivity contribution in [3.8, 4) is 0 Å². The molecule has 48 valence electrons. The van der Waals surface area contributed by atoms with Gasteiger partial charge in [0.1, 0.15) is 6.61 Å². The molecule has 0 aromatic rings. The van der Waals surface area contributed by atoms with Crippen molar-refractivity contribution < 1.29 is 9.47 Å². The predicted molar refractivity (Wildman–Crippen MR) is 29.4 cm³/mol. The van der Waals surface area contributed by atoms with E-state index in [9.17, 15) is 0 Å². The largest absolute Gasteiger partial charge is 0.351 e. The minimum atomic E-state index is -0.283. The van der Waals surface area contributed by atoms with Gasteiger partial charge in [0, 0.05) is 13.5 Å². The van der Waals surface area contributed by atoms with Crippen LogP contribution in [0.3, 0.4) is 0 Å². The summed E-state index contributed by atoms with van der Waals surface area (Å²) >= 11 is 0. The molecule has 0 aliphatic carbocycles. The first-order chi connectivity index (χ1) is 3.83. The average Bonchev–Trinajstić information content (AvgIpc) is 2.50. The topological polar surface area (TPSA) is 47.8 Å². The monoisotopic (exact) mass is 117 g/mol. The third-order valence-corrected chi connectivity index (χ3v) is 1.36. The van der Waals surface area contributed by atoms with E-state index in [1.807, 2.05) is 0 Å². The summed E-state index contributed by atoms with van der Waals surface area (Å²) in [5, 5.41) is 0. The molecule has 3 heteroatoms. The molecule has 1 atom stereocenters. The second-order valence-corrected chi connectivity index (χ2v) is 1.94. The molecular formula is C5H11NO2. The van der Waals surface area contributed by atoms with Gasteiger partial charge in [-0.2, -0.15) is 0 Å². The number of rotatable bonds is 3. The molecule has 1 heterocycles. The van der Waals surface area contributed by atoms with Crippen LogP contribution in [0.2, 0.25) is 0 Å². The maximum atomic E-state index is 5.27. The lowest BCUT2D eigenvalue weighted by Gasteiger charge is -2.05. The van der Waals surface area contributed by atoms with Crippen LogP contribution in [-0.4, -0.2) is 26.0 Å². The summed E-state index contributed by atoms with van der Waals surface area (Å²) < 4.78 is 9.97. The van der Waals surface area contributed by atoms with Crippen LogP contribution >= 0.6 is 0 Å². The van der Waals surface area contributed by atoms with Gasteiger partial charge in [-0.25, -0.2) is 0 Å². The molecule has 0 aromatic carbocycles. The second kappa shape index (κ2) is 2.01. The molecule has 0 saturated carbocycles.